The number of hydrogen-bond acceptors (Lipinski definition) is 5. The molecule has 2 aromatic carbocycles. The van der Waals surface area contributed by atoms with Crippen molar-refractivity contribution in [2.75, 3.05) is 0 Å². The molecule has 2 aromatic rings. The Labute approximate surface area is 162 Å². The molecule has 0 aliphatic heterocycles. The Balaban J connectivity index is 1.85. The highest BCUT2D eigenvalue weighted by Crippen LogP contribution is 2.14. The molecule has 0 heterocycles. The predicted molar refractivity (Wildman–Crippen MR) is 103 cm³/mol. The molecule has 3 amide bonds. The number of carbonyl (C=O) groups excluding carboxylic acids is 3. The lowest BCUT2D eigenvalue weighted by Crippen LogP contribution is -2.41. The second-order valence-corrected chi connectivity index (χ2v) is 6.98. The van der Waals surface area contributed by atoms with Crippen LogP contribution < -0.4 is 16.2 Å². The third-order valence-electron chi connectivity index (χ3n) is 3.49. The van der Waals surface area contributed by atoms with Gasteiger partial charge < -0.3 is 15.2 Å². The maximum atomic E-state index is 12.1. The number of amides is 3. The minimum absolute atomic E-state index is 0.0476. The average Bonchev–Trinajstić information content (AvgIpc) is 2.63. The number of carbonyl (C=O) groups is 3. The van der Waals surface area contributed by atoms with Gasteiger partial charge in [-0.25, -0.2) is 4.79 Å². The minimum Gasteiger partial charge on any atom is -0.507 e. The standard InChI is InChI=1S/C20H23N3O5/c1-20(2,3)28-19(27)21-12-13-8-10-14(11-9-13)17(25)22-23-18(26)15-6-4-5-7-16(15)24/h4-11,24H,12H2,1-3H3,(H,21,27)(H,22,25)(H,23,26). The van der Waals surface area contributed by atoms with Crippen LogP contribution in [-0.4, -0.2) is 28.6 Å². The molecule has 0 spiro atoms. The molecule has 0 unspecified atom stereocenters. The summed E-state index contributed by atoms with van der Waals surface area (Å²) in [5.74, 6) is -1.34. The largest absolute Gasteiger partial charge is 0.507 e. The predicted octanol–water partition coefficient (Wildman–Crippen LogP) is 2.49. The molecule has 2 rings (SSSR count). The lowest BCUT2D eigenvalue weighted by Gasteiger charge is -2.19. The Morgan fingerprint density at radius 2 is 1.54 bits per heavy atom. The first-order valence-electron chi connectivity index (χ1n) is 8.60. The van der Waals surface area contributed by atoms with Gasteiger partial charge in [0.2, 0.25) is 0 Å². The molecular formula is C20H23N3O5. The van der Waals surface area contributed by atoms with Gasteiger partial charge in [-0.2, -0.15) is 0 Å². The highest BCUT2D eigenvalue weighted by Gasteiger charge is 2.16. The van der Waals surface area contributed by atoms with Crippen molar-refractivity contribution < 1.29 is 24.2 Å². The third-order valence-corrected chi connectivity index (χ3v) is 3.49. The Bertz CT molecular complexity index is 857. The monoisotopic (exact) mass is 385 g/mol. The summed E-state index contributed by atoms with van der Waals surface area (Å²) in [6.45, 7) is 5.58. The van der Waals surface area contributed by atoms with Crippen molar-refractivity contribution in [3.05, 3.63) is 65.2 Å². The van der Waals surface area contributed by atoms with Gasteiger partial charge in [-0.15, -0.1) is 0 Å². The van der Waals surface area contributed by atoms with Crippen LogP contribution in [0.15, 0.2) is 48.5 Å². The summed E-state index contributed by atoms with van der Waals surface area (Å²) in [5, 5.41) is 12.3. The zero-order chi connectivity index (χ0) is 20.7. The highest BCUT2D eigenvalue weighted by molar-refractivity contribution is 6.00. The molecule has 0 atom stereocenters. The summed E-state index contributed by atoms with van der Waals surface area (Å²) < 4.78 is 5.15. The van der Waals surface area contributed by atoms with Crippen molar-refractivity contribution in [1.29, 1.82) is 0 Å². The summed E-state index contributed by atoms with van der Waals surface area (Å²) >= 11 is 0. The van der Waals surface area contributed by atoms with E-state index in [1.165, 1.54) is 12.1 Å². The number of nitrogens with one attached hydrogen (secondary N) is 3. The molecule has 0 aromatic heterocycles. The summed E-state index contributed by atoms with van der Waals surface area (Å²) in [5.41, 5.74) is 5.09. The van der Waals surface area contributed by atoms with Crippen LogP contribution >= 0.6 is 0 Å². The van der Waals surface area contributed by atoms with Crippen molar-refractivity contribution in [2.24, 2.45) is 0 Å². The van der Waals surface area contributed by atoms with E-state index in [-0.39, 0.29) is 17.9 Å². The van der Waals surface area contributed by atoms with Gasteiger partial charge in [0.05, 0.1) is 5.56 Å². The van der Waals surface area contributed by atoms with Gasteiger partial charge in [-0.3, -0.25) is 20.4 Å². The number of hydrogen-bond donors (Lipinski definition) is 4. The van der Waals surface area contributed by atoms with E-state index in [0.29, 0.717) is 5.56 Å². The van der Waals surface area contributed by atoms with E-state index < -0.39 is 23.5 Å². The van der Waals surface area contributed by atoms with Crippen LogP contribution in [0.3, 0.4) is 0 Å². The van der Waals surface area contributed by atoms with Crippen LogP contribution in [-0.2, 0) is 11.3 Å². The highest BCUT2D eigenvalue weighted by atomic mass is 16.6. The van der Waals surface area contributed by atoms with Crippen LogP contribution in [0, 0.1) is 0 Å². The fraction of sp³-hybridized carbons (Fsp3) is 0.250. The van der Waals surface area contributed by atoms with Gasteiger partial charge in [0.25, 0.3) is 11.8 Å². The number of hydrazine groups is 1. The fourth-order valence-corrected chi connectivity index (χ4v) is 2.18. The number of para-hydroxylation sites is 1. The Morgan fingerprint density at radius 1 is 0.929 bits per heavy atom. The van der Waals surface area contributed by atoms with Gasteiger partial charge in [0.1, 0.15) is 11.4 Å². The zero-order valence-corrected chi connectivity index (χ0v) is 15.9. The number of benzene rings is 2. The topological polar surface area (TPSA) is 117 Å². The molecule has 0 radical (unpaired) electrons. The van der Waals surface area contributed by atoms with Gasteiger partial charge in [0, 0.05) is 12.1 Å². The number of rotatable bonds is 4. The SMILES string of the molecule is CC(C)(C)OC(=O)NCc1ccc(C(=O)NNC(=O)c2ccccc2O)cc1. The first-order chi connectivity index (χ1) is 13.2. The van der Waals surface area contributed by atoms with Crippen molar-refractivity contribution in [2.45, 2.75) is 32.9 Å². The quantitative estimate of drug-likeness (QED) is 0.604. The smallest absolute Gasteiger partial charge is 0.407 e. The lowest BCUT2D eigenvalue weighted by atomic mass is 10.1. The molecule has 0 bridgehead atoms. The van der Waals surface area contributed by atoms with E-state index in [1.807, 2.05) is 0 Å². The Hall–Kier alpha value is -3.55. The van der Waals surface area contributed by atoms with Crippen LogP contribution in [0.5, 0.6) is 5.75 Å². The first-order valence-corrected chi connectivity index (χ1v) is 8.60. The Kier molecular flexibility index (Phi) is 6.59. The molecule has 8 heteroatoms. The maximum absolute atomic E-state index is 12.1. The first kappa shape index (κ1) is 20.8. The number of phenolic OH excluding ortho intramolecular Hbond substituents is 1. The normalized spacial score (nSPS) is 10.7. The Morgan fingerprint density at radius 3 is 2.14 bits per heavy atom. The van der Waals surface area contributed by atoms with Crippen LogP contribution in [0.4, 0.5) is 4.79 Å². The molecule has 0 aliphatic rings. The molecule has 0 saturated carbocycles. The average molecular weight is 385 g/mol. The summed E-state index contributed by atoms with van der Waals surface area (Å²) in [6.07, 6.45) is -0.527. The van der Waals surface area contributed by atoms with Crippen molar-refractivity contribution in [3.63, 3.8) is 0 Å². The molecule has 0 saturated heterocycles. The van der Waals surface area contributed by atoms with Gasteiger partial charge in [0.15, 0.2) is 0 Å². The molecule has 0 aliphatic carbocycles. The van der Waals surface area contributed by atoms with E-state index in [9.17, 15) is 19.5 Å². The van der Waals surface area contributed by atoms with E-state index in [0.717, 1.165) is 5.56 Å². The van der Waals surface area contributed by atoms with Gasteiger partial charge in [-0.1, -0.05) is 24.3 Å². The fourth-order valence-electron chi connectivity index (χ4n) is 2.18. The second kappa shape index (κ2) is 8.90. The third kappa shape index (κ3) is 6.31. The van der Waals surface area contributed by atoms with Crippen LogP contribution in [0.1, 0.15) is 47.1 Å². The molecule has 28 heavy (non-hydrogen) atoms. The van der Waals surface area contributed by atoms with Gasteiger partial charge >= 0.3 is 6.09 Å². The van der Waals surface area contributed by atoms with Crippen LogP contribution in [0.25, 0.3) is 0 Å². The van der Waals surface area contributed by atoms with Crippen molar-refractivity contribution in [3.8, 4) is 5.75 Å². The second-order valence-electron chi connectivity index (χ2n) is 6.98. The molecule has 0 fully saturated rings. The van der Waals surface area contributed by atoms with Crippen molar-refractivity contribution in [1.82, 2.24) is 16.2 Å². The summed E-state index contributed by atoms with van der Waals surface area (Å²) in [6, 6.07) is 12.5. The number of phenols is 1. The summed E-state index contributed by atoms with van der Waals surface area (Å²) in [4.78, 5) is 35.7. The summed E-state index contributed by atoms with van der Waals surface area (Å²) in [7, 11) is 0. The van der Waals surface area contributed by atoms with Crippen molar-refractivity contribution >= 4 is 17.9 Å². The number of alkyl carbamates (subject to hydrolysis) is 1. The molecule has 148 valence electrons. The molecule has 4 N–H and O–H groups in total. The maximum Gasteiger partial charge on any atom is 0.407 e. The lowest BCUT2D eigenvalue weighted by molar-refractivity contribution is 0.0523. The van der Waals surface area contributed by atoms with E-state index in [4.69, 9.17) is 4.74 Å². The van der Waals surface area contributed by atoms with E-state index in [1.54, 1.807) is 57.2 Å². The van der Waals surface area contributed by atoms with E-state index in [2.05, 4.69) is 16.2 Å². The van der Waals surface area contributed by atoms with E-state index >= 15 is 0 Å². The zero-order valence-electron chi connectivity index (χ0n) is 15.9. The number of ether oxygens (including phenoxy) is 1. The minimum atomic E-state index is -0.635. The number of aromatic hydroxyl groups is 1. The van der Waals surface area contributed by atoms with Crippen LogP contribution in [0.2, 0.25) is 0 Å². The molecular weight excluding hydrogens is 362 g/mol. The van der Waals surface area contributed by atoms with Gasteiger partial charge in [-0.05, 0) is 50.6 Å². The molecule has 8 nitrogen and oxygen atoms in total.